The molecule has 1 aliphatic heterocycles. The summed E-state index contributed by atoms with van der Waals surface area (Å²) in [5.74, 6) is 0.608. The summed E-state index contributed by atoms with van der Waals surface area (Å²) in [5, 5.41) is 4.58. The van der Waals surface area contributed by atoms with Gasteiger partial charge in [-0.25, -0.2) is 8.42 Å². The Hall–Kier alpha value is -2.16. The maximum absolute atomic E-state index is 12.7. The molecule has 1 aromatic heterocycles. The number of sulfonamides is 1. The SMILES string of the molecule is O=C(C[NH2+]Cc1ccco1)Nc1cccc(S(=O)(=O)N2CCCCC2)c1. The zero-order chi connectivity index (χ0) is 18.4. The van der Waals surface area contributed by atoms with Crippen LogP contribution in [0.1, 0.15) is 25.0 Å². The second kappa shape index (κ2) is 8.48. The van der Waals surface area contributed by atoms with Crippen LogP contribution in [0, 0.1) is 0 Å². The molecule has 0 saturated carbocycles. The van der Waals surface area contributed by atoms with Gasteiger partial charge in [0.25, 0.3) is 5.91 Å². The average Bonchev–Trinajstić information content (AvgIpc) is 3.16. The van der Waals surface area contributed by atoms with E-state index in [2.05, 4.69) is 5.32 Å². The minimum atomic E-state index is -3.51. The fourth-order valence-electron chi connectivity index (χ4n) is 2.97. The third-order valence-electron chi connectivity index (χ3n) is 4.33. The fraction of sp³-hybridized carbons (Fsp3) is 0.389. The van der Waals surface area contributed by atoms with Crippen molar-refractivity contribution in [3.63, 3.8) is 0 Å². The molecule has 0 aliphatic carbocycles. The van der Waals surface area contributed by atoms with Crippen LogP contribution in [0.25, 0.3) is 0 Å². The third kappa shape index (κ3) is 4.72. The number of benzene rings is 1. The Morgan fingerprint density at radius 3 is 2.69 bits per heavy atom. The van der Waals surface area contributed by atoms with E-state index in [0.717, 1.165) is 25.0 Å². The van der Waals surface area contributed by atoms with Crippen molar-refractivity contribution in [3.8, 4) is 0 Å². The molecular weight excluding hydrogens is 354 g/mol. The molecule has 3 rings (SSSR count). The van der Waals surface area contributed by atoms with E-state index in [0.29, 0.717) is 25.3 Å². The van der Waals surface area contributed by atoms with Crippen molar-refractivity contribution in [3.05, 3.63) is 48.4 Å². The van der Waals surface area contributed by atoms with Crippen molar-refractivity contribution < 1.29 is 22.9 Å². The summed E-state index contributed by atoms with van der Waals surface area (Å²) in [7, 11) is -3.51. The quantitative estimate of drug-likeness (QED) is 0.756. The largest absolute Gasteiger partial charge is 0.463 e. The van der Waals surface area contributed by atoms with Crippen molar-refractivity contribution in [1.29, 1.82) is 0 Å². The van der Waals surface area contributed by atoms with Crippen LogP contribution in [0.2, 0.25) is 0 Å². The first-order valence-electron chi connectivity index (χ1n) is 8.80. The molecule has 140 valence electrons. The number of hydrogen-bond donors (Lipinski definition) is 2. The third-order valence-corrected chi connectivity index (χ3v) is 6.22. The summed E-state index contributed by atoms with van der Waals surface area (Å²) < 4.78 is 32.2. The lowest BCUT2D eigenvalue weighted by Gasteiger charge is -2.26. The van der Waals surface area contributed by atoms with Gasteiger partial charge in [-0.2, -0.15) is 4.31 Å². The number of nitrogens with two attached hydrogens (primary N) is 1. The van der Waals surface area contributed by atoms with E-state index in [1.807, 2.05) is 11.4 Å². The first-order valence-corrected chi connectivity index (χ1v) is 10.2. The first kappa shape index (κ1) is 18.6. The number of piperidine rings is 1. The van der Waals surface area contributed by atoms with Crippen LogP contribution in [-0.4, -0.2) is 38.3 Å². The normalized spacial score (nSPS) is 15.7. The van der Waals surface area contributed by atoms with Crippen LogP contribution >= 0.6 is 0 Å². The number of carbonyl (C=O) groups is 1. The van der Waals surface area contributed by atoms with E-state index in [1.165, 1.54) is 10.4 Å². The van der Waals surface area contributed by atoms with E-state index in [-0.39, 0.29) is 17.3 Å². The van der Waals surface area contributed by atoms with Gasteiger partial charge >= 0.3 is 0 Å². The Labute approximate surface area is 153 Å². The van der Waals surface area contributed by atoms with Gasteiger partial charge in [0.2, 0.25) is 10.0 Å². The summed E-state index contributed by atoms with van der Waals surface area (Å²) >= 11 is 0. The monoisotopic (exact) mass is 378 g/mol. The second-order valence-corrected chi connectivity index (χ2v) is 8.25. The summed E-state index contributed by atoms with van der Waals surface area (Å²) in [4.78, 5) is 12.3. The zero-order valence-corrected chi connectivity index (χ0v) is 15.4. The van der Waals surface area contributed by atoms with Crippen molar-refractivity contribution in [2.45, 2.75) is 30.7 Å². The first-order chi connectivity index (χ1) is 12.6. The number of nitrogens with one attached hydrogen (secondary N) is 1. The lowest BCUT2D eigenvalue weighted by molar-refractivity contribution is -0.661. The van der Waals surface area contributed by atoms with Gasteiger partial charge in [0.15, 0.2) is 12.3 Å². The molecule has 1 amide bonds. The van der Waals surface area contributed by atoms with Crippen molar-refractivity contribution in [2.24, 2.45) is 0 Å². The van der Waals surface area contributed by atoms with E-state index in [9.17, 15) is 13.2 Å². The molecule has 7 nitrogen and oxygen atoms in total. The highest BCUT2D eigenvalue weighted by atomic mass is 32.2. The molecule has 2 aromatic rings. The standard InChI is InChI=1S/C18H23N3O4S/c22-18(14-19-13-16-7-5-11-25-16)20-15-6-4-8-17(12-15)26(23,24)21-9-2-1-3-10-21/h4-8,11-12,19H,1-3,9-10,13-14H2,(H,20,22)/p+1. The van der Waals surface area contributed by atoms with Crippen molar-refractivity contribution >= 4 is 21.6 Å². The molecule has 2 heterocycles. The van der Waals surface area contributed by atoms with Gasteiger partial charge in [-0.1, -0.05) is 12.5 Å². The molecule has 0 atom stereocenters. The summed E-state index contributed by atoms with van der Waals surface area (Å²) in [5.41, 5.74) is 0.486. The Kier molecular flexibility index (Phi) is 6.08. The number of hydrogen-bond acceptors (Lipinski definition) is 4. The van der Waals surface area contributed by atoms with Crippen LogP contribution in [-0.2, 0) is 21.4 Å². The number of amides is 1. The number of carbonyl (C=O) groups excluding carboxylic acids is 1. The molecule has 8 heteroatoms. The minimum absolute atomic E-state index is 0.191. The highest BCUT2D eigenvalue weighted by molar-refractivity contribution is 7.89. The molecule has 1 aromatic carbocycles. The molecule has 1 fully saturated rings. The molecule has 1 aliphatic rings. The number of anilines is 1. The van der Waals surface area contributed by atoms with E-state index in [1.54, 1.807) is 30.5 Å². The Balaban J connectivity index is 1.58. The van der Waals surface area contributed by atoms with Crippen LogP contribution in [0.3, 0.4) is 0 Å². The van der Waals surface area contributed by atoms with Gasteiger partial charge in [0, 0.05) is 18.8 Å². The van der Waals surface area contributed by atoms with Crippen LogP contribution < -0.4 is 10.6 Å². The molecule has 3 N–H and O–H groups in total. The van der Waals surface area contributed by atoms with Gasteiger partial charge in [0.05, 0.1) is 11.2 Å². The second-order valence-electron chi connectivity index (χ2n) is 6.32. The molecule has 0 unspecified atom stereocenters. The van der Waals surface area contributed by atoms with Crippen molar-refractivity contribution in [1.82, 2.24) is 4.31 Å². The predicted octanol–water partition coefficient (Wildman–Crippen LogP) is 1.16. The van der Waals surface area contributed by atoms with E-state index >= 15 is 0 Å². The Bertz CT molecular complexity index is 828. The molecule has 1 saturated heterocycles. The van der Waals surface area contributed by atoms with Gasteiger partial charge in [-0.3, -0.25) is 4.79 Å². The van der Waals surface area contributed by atoms with E-state index < -0.39 is 10.0 Å². The average molecular weight is 378 g/mol. The van der Waals surface area contributed by atoms with Gasteiger partial charge in [-0.15, -0.1) is 0 Å². The molecule has 0 spiro atoms. The van der Waals surface area contributed by atoms with Gasteiger partial charge in [0.1, 0.15) is 6.54 Å². The minimum Gasteiger partial charge on any atom is -0.463 e. The van der Waals surface area contributed by atoms with Crippen molar-refractivity contribution in [2.75, 3.05) is 25.0 Å². The smallest absolute Gasteiger partial charge is 0.279 e. The van der Waals surface area contributed by atoms with E-state index in [4.69, 9.17) is 4.42 Å². The Morgan fingerprint density at radius 1 is 1.15 bits per heavy atom. The van der Waals surface area contributed by atoms with Crippen LogP contribution in [0.5, 0.6) is 0 Å². The van der Waals surface area contributed by atoms with Gasteiger partial charge < -0.3 is 15.1 Å². The van der Waals surface area contributed by atoms with Crippen LogP contribution in [0.4, 0.5) is 5.69 Å². The van der Waals surface area contributed by atoms with Crippen LogP contribution in [0.15, 0.2) is 52.0 Å². The maximum atomic E-state index is 12.7. The molecule has 0 radical (unpaired) electrons. The highest BCUT2D eigenvalue weighted by Gasteiger charge is 2.26. The summed E-state index contributed by atoms with van der Waals surface area (Å²) in [6.45, 7) is 1.91. The molecular formula is C18H24N3O4S+. The topological polar surface area (TPSA) is 96.2 Å². The fourth-order valence-corrected chi connectivity index (χ4v) is 4.54. The maximum Gasteiger partial charge on any atom is 0.279 e. The Morgan fingerprint density at radius 2 is 1.96 bits per heavy atom. The number of rotatable bonds is 7. The summed E-state index contributed by atoms with van der Waals surface area (Å²) in [6, 6.07) is 10.1. The number of quaternary nitrogens is 1. The van der Waals surface area contributed by atoms with Gasteiger partial charge in [-0.05, 0) is 43.2 Å². The number of furan rings is 1. The highest BCUT2D eigenvalue weighted by Crippen LogP contribution is 2.22. The molecule has 0 bridgehead atoms. The lowest BCUT2D eigenvalue weighted by atomic mass is 10.2. The number of nitrogens with zero attached hydrogens (tertiary/aromatic N) is 1. The zero-order valence-electron chi connectivity index (χ0n) is 14.6. The molecule has 26 heavy (non-hydrogen) atoms. The predicted molar refractivity (Wildman–Crippen MR) is 96.9 cm³/mol. The summed E-state index contributed by atoms with van der Waals surface area (Å²) in [6.07, 6.45) is 4.44. The lowest BCUT2D eigenvalue weighted by Crippen LogP contribution is -2.84.